The molecule has 0 saturated carbocycles. The van der Waals surface area contributed by atoms with Gasteiger partial charge in [0, 0.05) is 42.5 Å². The van der Waals surface area contributed by atoms with Crippen LogP contribution in [-0.2, 0) is 0 Å². The molecule has 5 nitrogen and oxygen atoms in total. The van der Waals surface area contributed by atoms with Crippen molar-refractivity contribution in [1.82, 2.24) is 15.2 Å². The first-order chi connectivity index (χ1) is 12.5. The lowest BCUT2D eigenvalue weighted by molar-refractivity contribution is 0.257. The molecule has 142 valence electrons. The lowest BCUT2D eigenvalue weighted by Crippen LogP contribution is -2.52. The number of nitrogens with zero attached hydrogens (tertiary/aromatic N) is 4. The third kappa shape index (κ3) is 4.86. The van der Waals surface area contributed by atoms with Gasteiger partial charge in [0.15, 0.2) is 0 Å². The van der Waals surface area contributed by atoms with Crippen LogP contribution < -0.4 is 5.32 Å². The van der Waals surface area contributed by atoms with Crippen molar-refractivity contribution in [1.29, 1.82) is 0 Å². The molecule has 1 aromatic rings. The van der Waals surface area contributed by atoms with E-state index in [1.165, 1.54) is 0 Å². The first kappa shape index (κ1) is 20.5. The minimum atomic E-state index is 0.118. The van der Waals surface area contributed by atoms with Crippen LogP contribution in [0.4, 0.5) is 5.69 Å². The molecular weight excluding hydrogens is 346 g/mol. The van der Waals surface area contributed by atoms with Crippen LogP contribution in [0.25, 0.3) is 0 Å². The van der Waals surface area contributed by atoms with E-state index >= 15 is 0 Å². The molecule has 1 aromatic carbocycles. The summed E-state index contributed by atoms with van der Waals surface area (Å²) in [6, 6.07) is 6.03. The largest absolute Gasteiger partial charge is 0.338 e. The molecule has 6 heteroatoms. The number of halogens is 1. The van der Waals surface area contributed by atoms with Crippen molar-refractivity contribution in [3.63, 3.8) is 0 Å². The maximum Gasteiger partial charge on any atom is 0.223 e. The van der Waals surface area contributed by atoms with E-state index in [-0.39, 0.29) is 6.04 Å². The Labute approximate surface area is 162 Å². The Balaban J connectivity index is 0.000000758. The van der Waals surface area contributed by atoms with E-state index in [4.69, 9.17) is 21.7 Å². The van der Waals surface area contributed by atoms with Gasteiger partial charge in [-0.05, 0) is 45.4 Å². The maximum atomic E-state index is 6.19. The van der Waals surface area contributed by atoms with Crippen LogP contribution in [0.2, 0.25) is 5.02 Å². The van der Waals surface area contributed by atoms with Gasteiger partial charge < -0.3 is 10.2 Å². The van der Waals surface area contributed by atoms with Crippen molar-refractivity contribution < 1.29 is 0 Å². The van der Waals surface area contributed by atoms with E-state index in [1.807, 2.05) is 25.1 Å². The number of hydrogen-bond acceptors (Lipinski definition) is 5. The van der Waals surface area contributed by atoms with Gasteiger partial charge in [-0.1, -0.05) is 24.6 Å². The Hall–Kier alpha value is -1.85. The van der Waals surface area contributed by atoms with Crippen molar-refractivity contribution in [2.75, 3.05) is 26.2 Å². The minimum Gasteiger partial charge on any atom is -0.338 e. The Morgan fingerprint density at radius 2 is 2.08 bits per heavy atom. The predicted molar refractivity (Wildman–Crippen MR) is 113 cm³/mol. The molecule has 0 amide bonds. The third-order valence-electron chi connectivity index (χ3n) is 4.42. The van der Waals surface area contributed by atoms with Gasteiger partial charge in [0.25, 0.3) is 0 Å². The fraction of sp³-hybridized carbons (Fsp3) is 0.500. The van der Waals surface area contributed by atoms with Gasteiger partial charge in [0.2, 0.25) is 5.96 Å². The zero-order chi connectivity index (χ0) is 19.1. The summed E-state index contributed by atoms with van der Waals surface area (Å²) in [7, 11) is 0. The zero-order valence-corrected chi connectivity index (χ0v) is 17.1. The smallest absolute Gasteiger partial charge is 0.223 e. The van der Waals surface area contributed by atoms with Gasteiger partial charge >= 0.3 is 0 Å². The molecule has 1 unspecified atom stereocenters. The van der Waals surface area contributed by atoms with Gasteiger partial charge in [0.05, 0.1) is 11.7 Å². The molecule has 1 N–H and O–H groups in total. The van der Waals surface area contributed by atoms with E-state index in [2.05, 4.69) is 42.6 Å². The van der Waals surface area contributed by atoms with E-state index in [0.717, 1.165) is 60.5 Å². The number of fused-ring (bicyclic) bond motifs is 1. The molecule has 0 radical (unpaired) electrons. The molecule has 2 aliphatic rings. The standard InChI is InChI=1S/C17H24ClN5.C3H6/c1-4-12(2)21-23-13(3)15-11-14(18)5-6-16(15)20-17(23)22-9-7-19-8-10-22;1-3-2/h5-6,11,13,19H,4,7-10H2,1-3H3;3H,1H2,2H3/b21-12+;. The lowest BCUT2D eigenvalue weighted by atomic mass is 10.0. The van der Waals surface area contributed by atoms with Crippen molar-refractivity contribution in [2.24, 2.45) is 10.1 Å². The number of nitrogens with one attached hydrogen (secondary N) is 1. The minimum absolute atomic E-state index is 0.118. The first-order valence-corrected chi connectivity index (χ1v) is 9.63. The van der Waals surface area contributed by atoms with Gasteiger partial charge in [-0.2, -0.15) is 5.10 Å². The summed E-state index contributed by atoms with van der Waals surface area (Å²) in [6.45, 7) is 15.5. The number of benzene rings is 1. The van der Waals surface area contributed by atoms with E-state index in [9.17, 15) is 0 Å². The molecule has 0 bridgehead atoms. The number of hydrazone groups is 1. The van der Waals surface area contributed by atoms with E-state index < -0.39 is 0 Å². The molecule has 0 aliphatic carbocycles. The van der Waals surface area contributed by atoms with Crippen molar-refractivity contribution in [3.8, 4) is 0 Å². The number of hydrogen-bond donors (Lipinski definition) is 1. The molecule has 1 saturated heterocycles. The fourth-order valence-corrected chi connectivity index (χ4v) is 3.07. The molecule has 1 fully saturated rings. The van der Waals surface area contributed by atoms with Gasteiger partial charge in [-0.3, -0.25) is 0 Å². The van der Waals surface area contributed by atoms with Crippen LogP contribution in [0.15, 0.2) is 40.9 Å². The number of rotatable bonds is 2. The maximum absolute atomic E-state index is 6.19. The van der Waals surface area contributed by atoms with Crippen LogP contribution in [-0.4, -0.2) is 47.8 Å². The fourth-order valence-electron chi connectivity index (χ4n) is 2.89. The van der Waals surface area contributed by atoms with Gasteiger partial charge in [0.1, 0.15) is 0 Å². The highest BCUT2D eigenvalue weighted by Gasteiger charge is 2.31. The molecule has 1 atom stereocenters. The monoisotopic (exact) mass is 375 g/mol. The molecule has 26 heavy (non-hydrogen) atoms. The highest BCUT2D eigenvalue weighted by molar-refractivity contribution is 6.30. The second-order valence-electron chi connectivity index (χ2n) is 6.47. The second kappa shape index (κ2) is 9.74. The average molecular weight is 376 g/mol. The zero-order valence-electron chi connectivity index (χ0n) is 16.3. The van der Waals surface area contributed by atoms with Gasteiger partial charge in [-0.25, -0.2) is 10.0 Å². The van der Waals surface area contributed by atoms with Gasteiger partial charge in [-0.15, -0.1) is 6.58 Å². The number of aliphatic imine (C=N–C) groups is 1. The van der Waals surface area contributed by atoms with E-state index in [0.29, 0.717) is 0 Å². The second-order valence-corrected chi connectivity index (χ2v) is 6.91. The van der Waals surface area contributed by atoms with Crippen LogP contribution in [0, 0.1) is 0 Å². The van der Waals surface area contributed by atoms with Crippen LogP contribution in [0.1, 0.15) is 45.7 Å². The lowest BCUT2D eigenvalue weighted by Gasteiger charge is -2.40. The average Bonchev–Trinajstić information content (AvgIpc) is 2.65. The molecule has 2 heterocycles. The summed E-state index contributed by atoms with van der Waals surface area (Å²) in [6.07, 6.45) is 2.68. The van der Waals surface area contributed by atoms with E-state index in [1.54, 1.807) is 6.08 Å². The Morgan fingerprint density at radius 1 is 1.42 bits per heavy atom. The summed E-state index contributed by atoms with van der Waals surface area (Å²) in [5.74, 6) is 0.946. The highest BCUT2D eigenvalue weighted by Crippen LogP contribution is 2.37. The molecular formula is C20H30ClN5. The Bertz CT molecular complexity index is 677. The summed E-state index contributed by atoms with van der Waals surface area (Å²) < 4.78 is 0. The Morgan fingerprint density at radius 3 is 2.69 bits per heavy atom. The summed E-state index contributed by atoms with van der Waals surface area (Å²) in [4.78, 5) is 7.22. The van der Waals surface area contributed by atoms with Crippen LogP contribution in [0.5, 0.6) is 0 Å². The molecule has 2 aliphatic heterocycles. The third-order valence-corrected chi connectivity index (χ3v) is 4.66. The molecule has 3 rings (SSSR count). The van der Waals surface area contributed by atoms with Crippen LogP contribution >= 0.6 is 11.6 Å². The quantitative estimate of drug-likeness (QED) is 0.607. The van der Waals surface area contributed by atoms with Crippen molar-refractivity contribution in [3.05, 3.63) is 41.4 Å². The van der Waals surface area contributed by atoms with Crippen molar-refractivity contribution >= 4 is 29.0 Å². The number of guanidine groups is 1. The first-order valence-electron chi connectivity index (χ1n) is 9.26. The topological polar surface area (TPSA) is 43.2 Å². The number of piperazine rings is 1. The SMILES string of the molecule is C=CC.CC/C(C)=N/N1C(N2CCNCC2)=Nc2ccc(Cl)cc2C1C. The van der Waals surface area contributed by atoms with Crippen molar-refractivity contribution in [2.45, 2.75) is 40.2 Å². The summed E-state index contributed by atoms with van der Waals surface area (Å²) in [5, 5.41) is 11.0. The Kier molecular flexibility index (Phi) is 7.66. The van der Waals surface area contributed by atoms with Crippen LogP contribution in [0.3, 0.4) is 0 Å². The summed E-state index contributed by atoms with van der Waals surface area (Å²) in [5.41, 5.74) is 3.23. The normalized spacial score (nSPS) is 20.0. The molecule has 0 spiro atoms. The predicted octanol–water partition coefficient (Wildman–Crippen LogP) is 4.59. The molecule has 0 aromatic heterocycles. The summed E-state index contributed by atoms with van der Waals surface area (Å²) >= 11 is 6.19. The number of allylic oxidation sites excluding steroid dienone is 1. The highest BCUT2D eigenvalue weighted by atomic mass is 35.5.